The van der Waals surface area contributed by atoms with E-state index >= 15 is 0 Å². The van der Waals surface area contributed by atoms with E-state index in [1.54, 1.807) is 10.8 Å². The summed E-state index contributed by atoms with van der Waals surface area (Å²) in [5, 5.41) is 4.26. The minimum absolute atomic E-state index is 0.846. The summed E-state index contributed by atoms with van der Waals surface area (Å²) in [4.78, 5) is 4.63. The third-order valence-electron chi connectivity index (χ3n) is 4.36. The number of nitrogens with zero attached hydrogens (tertiary/aromatic N) is 4. The second-order valence-corrected chi connectivity index (χ2v) is 5.99. The average Bonchev–Trinajstić information content (AvgIpc) is 3.13. The van der Waals surface area contributed by atoms with Crippen LogP contribution in [0.5, 0.6) is 0 Å². The van der Waals surface area contributed by atoms with Crippen molar-refractivity contribution in [2.24, 2.45) is 7.05 Å². The molecule has 0 amide bonds. The summed E-state index contributed by atoms with van der Waals surface area (Å²) in [7, 11) is 1.95. The molecule has 4 rings (SSSR count). The first kappa shape index (κ1) is 13.8. The first-order chi connectivity index (χ1) is 11.1. The Kier molecular flexibility index (Phi) is 3.05. The molecule has 2 aromatic heterocycles. The lowest BCUT2D eigenvalue weighted by Gasteiger charge is -2.06. The molecule has 2 heterocycles. The number of benzene rings is 2. The Morgan fingerprint density at radius 1 is 0.826 bits per heavy atom. The Balaban J connectivity index is 1.70. The van der Waals surface area contributed by atoms with Gasteiger partial charge in [0.25, 0.3) is 0 Å². The number of rotatable bonds is 2. The molecule has 114 valence electrons. The van der Waals surface area contributed by atoms with Crippen molar-refractivity contribution in [2.75, 3.05) is 0 Å². The Morgan fingerprint density at radius 2 is 1.52 bits per heavy atom. The van der Waals surface area contributed by atoms with Crippen molar-refractivity contribution < 1.29 is 0 Å². The summed E-state index contributed by atoms with van der Waals surface area (Å²) in [6.07, 6.45) is 3.72. The third-order valence-corrected chi connectivity index (χ3v) is 4.36. The Labute approximate surface area is 135 Å². The van der Waals surface area contributed by atoms with Gasteiger partial charge in [0.1, 0.15) is 6.33 Å². The van der Waals surface area contributed by atoms with Gasteiger partial charge in [0, 0.05) is 12.6 Å². The SMILES string of the molecule is Cc1ccc(-c2ccc(-c3cn4ncn(C)c4n3)cc2)cc1C. The normalized spacial score (nSPS) is 11.3. The number of aromatic nitrogens is 4. The highest BCUT2D eigenvalue weighted by Crippen LogP contribution is 2.26. The summed E-state index contributed by atoms with van der Waals surface area (Å²) in [5.41, 5.74) is 7.15. The van der Waals surface area contributed by atoms with Crippen molar-refractivity contribution >= 4 is 5.78 Å². The van der Waals surface area contributed by atoms with Crippen molar-refractivity contribution in [3.63, 3.8) is 0 Å². The molecule has 0 bridgehead atoms. The van der Waals surface area contributed by atoms with E-state index in [2.05, 4.69) is 66.4 Å². The van der Waals surface area contributed by atoms with E-state index < -0.39 is 0 Å². The summed E-state index contributed by atoms with van der Waals surface area (Å²) in [5.74, 6) is 0.846. The van der Waals surface area contributed by atoms with Crippen LogP contribution in [0.2, 0.25) is 0 Å². The van der Waals surface area contributed by atoms with Gasteiger partial charge >= 0.3 is 0 Å². The van der Waals surface area contributed by atoms with E-state index in [0.717, 1.165) is 17.0 Å². The van der Waals surface area contributed by atoms with Crippen molar-refractivity contribution in [3.05, 3.63) is 66.1 Å². The number of hydrogen-bond acceptors (Lipinski definition) is 2. The highest BCUT2D eigenvalue weighted by molar-refractivity contribution is 5.70. The van der Waals surface area contributed by atoms with Gasteiger partial charge in [0.2, 0.25) is 5.78 Å². The molecule has 4 aromatic rings. The summed E-state index contributed by atoms with van der Waals surface area (Å²) < 4.78 is 3.71. The maximum absolute atomic E-state index is 4.63. The standard InChI is InChI=1S/C19H18N4/c1-13-4-5-17(10-14(13)2)15-6-8-16(9-7-15)18-11-23-19(21-18)22(3)12-20-23/h4-12H,1-3H3. The largest absolute Gasteiger partial charge is 0.303 e. The minimum atomic E-state index is 0.846. The van der Waals surface area contributed by atoms with Crippen molar-refractivity contribution in [1.82, 2.24) is 19.2 Å². The van der Waals surface area contributed by atoms with Gasteiger partial charge in [-0.2, -0.15) is 5.10 Å². The van der Waals surface area contributed by atoms with Gasteiger partial charge in [-0.3, -0.25) is 0 Å². The zero-order valence-corrected chi connectivity index (χ0v) is 13.5. The van der Waals surface area contributed by atoms with E-state index in [9.17, 15) is 0 Å². The fourth-order valence-corrected chi connectivity index (χ4v) is 2.77. The molecule has 2 aromatic carbocycles. The molecular formula is C19H18N4. The Morgan fingerprint density at radius 3 is 2.22 bits per heavy atom. The van der Waals surface area contributed by atoms with Crippen molar-refractivity contribution in [2.45, 2.75) is 13.8 Å². The Bertz CT molecular complexity index is 990. The second-order valence-electron chi connectivity index (χ2n) is 5.99. The van der Waals surface area contributed by atoms with Crippen LogP contribution in [0, 0.1) is 13.8 Å². The first-order valence-electron chi connectivity index (χ1n) is 7.66. The van der Waals surface area contributed by atoms with Crippen LogP contribution >= 0.6 is 0 Å². The van der Waals surface area contributed by atoms with Gasteiger partial charge in [-0.1, -0.05) is 42.5 Å². The number of hydrogen-bond donors (Lipinski definition) is 0. The van der Waals surface area contributed by atoms with E-state index in [-0.39, 0.29) is 0 Å². The van der Waals surface area contributed by atoms with Crippen LogP contribution in [-0.2, 0) is 7.05 Å². The van der Waals surface area contributed by atoms with Gasteiger partial charge in [-0.05, 0) is 36.1 Å². The predicted molar refractivity (Wildman–Crippen MR) is 92.3 cm³/mol. The molecule has 4 nitrogen and oxygen atoms in total. The summed E-state index contributed by atoms with van der Waals surface area (Å²) >= 11 is 0. The molecular weight excluding hydrogens is 284 g/mol. The molecule has 0 atom stereocenters. The lowest BCUT2D eigenvalue weighted by Crippen LogP contribution is -1.86. The van der Waals surface area contributed by atoms with Crippen LogP contribution in [0.1, 0.15) is 11.1 Å². The first-order valence-corrected chi connectivity index (χ1v) is 7.66. The van der Waals surface area contributed by atoms with Gasteiger partial charge in [0.05, 0.1) is 11.9 Å². The van der Waals surface area contributed by atoms with Crippen LogP contribution < -0.4 is 0 Å². The molecule has 23 heavy (non-hydrogen) atoms. The molecule has 0 saturated carbocycles. The molecule has 0 aliphatic rings. The molecule has 0 spiro atoms. The molecule has 0 fully saturated rings. The van der Waals surface area contributed by atoms with Gasteiger partial charge in [-0.15, -0.1) is 0 Å². The Hall–Kier alpha value is -2.88. The lowest BCUT2D eigenvalue weighted by molar-refractivity contribution is 0.931. The monoisotopic (exact) mass is 302 g/mol. The van der Waals surface area contributed by atoms with E-state index in [1.165, 1.54) is 22.3 Å². The fourth-order valence-electron chi connectivity index (χ4n) is 2.77. The van der Waals surface area contributed by atoms with Crippen molar-refractivity contribution in [1.29, 1.82) is 0 Å². The molecule has 0 unspecified atom stereocenters. The van der Waals surface area contributed by atoms with Crippen LogP contribution in [0.15, 0.2) is 55.0 Å². The van der Waals surface area contributed by atoms with Crippen LogP contribution in [-0.4, -0.2) is 19.2 Å². The molecule has 0 radical (unpaired) electrons. The van der Waals surface area contributed by atoms with E-state index in [4.69, 9.17) is 0 Å². The van der Waals surface area contributed by atoms with Gasteiger partial charge in [0.15, 0.2) is 0 Å². The second kappa shape index (κ2) is 5.09. The minimum Gasteiger partial charge on any atom is -0.303 e. The predicted octanol–water partition coefficient (Wildman–Crippen LogP) is 4.02. The fraction of sp³-hybridized carbons (Fsp3) is 0.158. The molecule has 4 heteroatoms. The van der Waals surface area contributed by atoms with Crippen LogP contribution in [0.25, 0.3) is 28.2 Å². The maximum atomic E-state index is 4.63. The topological polar surface area (TPSA) is 35.1 Å². The molecule has 0 aliphatic heterocycles. The number of aryl methyl sites for hydroxylation is 3. The average molecular weight is 302 g/mol. The summed E-state index contributed by atoms with van der Waals surface area (Å²) in [6, 6.07) is 15.1. The van der Waals surface area contributed by atoms with Crippen molar-refractivity contribution in [3.8, 4) is 22.4 Å². The highest BCUT2D eigenvalue weighted by atomic mass is 15.4. The lowest BCUT2D eigenvalue weighted by atomic mass is 9.99. The van der Waals surface area contributed by atoms with Crippen LogP contribution in [0.4, 0.5) is 0 Å². The smallest absolute Gasteiger partial charge is 0.232 e. The maximum Gasteiger partial charge on any atom is 0.232 e. The van der Waals surface area contributed by atoms with E-state index in [0.29, 0.717) is 0 Å². The molecule has 0 aliphatic carbocycles. The van der Waals surface area contributed by atoms with Gasteiger partial charge in [-0.25, -0.2) is 9.50 Å². The third kappa shape index (κ3) is 2.32. The van der Waals surface area contributed by atoms with E-state index in [1.807, 2.05) is 17.8 Å². The quantitative estimate of drug-likeness (QED) is 0.560. The number of fused-ring (bicyclic) bond motifs is 1. The van der Waals surface area contributed by atoms with Crippen LogP contribution in [0.3, 0.4) is 0 Å². The number of imidazole rings is 1. The zero-order valence-electron chi connectivity index (χ0n) is 13.5. The summed E-state index contributed by atoms with van der Waals surface area (Å²) in [6.45, 7) is 4.29. The highest BCUT2D eigenvalue weighted by Gasteiger charge is 2.08. The van der Waals surface area contributed by atoms with Gasteiger partial charge < -0.3 is 4.57 Å². The zero-order chi connectivity index (χ0) is 16.0. The molecule has 0 saturated heterocycles. The molecule has 0 N–H and O–H groups in total.